The van der Waals surface area contributed by atoms with Crippen LogP contribution < -0.4 is 5.32 Å². The molecular weight excluding hydrogens is 402 g/mol. The number of carbonyl (C=O) groups is 3. The van der Waals surface area contributed by atoms with Gasteiger partial charge in [-0.05, 0) is 24.6 Å². The SMILES string of the molecule is CCCCCCCCOC(=O)c1ccc(Cl)c(NC(=O)CC(=O)c2ccccc2)c1. The molecule has 0 saturated carbocycles. The quantitative estimate of drug-likeness (QED) is 0.192. The van der Waals surface area contributed by atoms with E-state index >= 15 is 0 Å². The standard InChI is InChI=1S/C24H28ClNO4/c1-2-3-4-5-6-10-15-30-24(29)19-13-14-20(25)21(16-19)26-23(28)17-22(27)18-11-8-7-9-12-18/h7-9,11-14,16H,2-6,10,15,17H2,1H3,(H,26,28). The first-order valence-electron chi connectivity index (χ1n) is 10.4. The van der Waals surface area contributed by atoms with Crippen LogP contribution in [-0.4, -0.2) is 24.3 Å². The first-order chi connectivity index (χ1) is 14.5. The molecule has 6 heteroatoms. The summed E-state index contributed by atoms with van der Waals surface area (Å²) >= 11 is 6.13. The molecule has 0 aliphatic rings. The number of unbranched alkanes of at least 4 members (excludes halogenated alkanes) is 5. The molecule has 0 aromatic heterocycles. The van der Waals surface area contributed by atoms with E-state index in [4.69, 9.17) is 16.3 Å². The lowest BCUT2D eigenvalue weighted by atomic mass is 10.1. The largest absolute Gasteiger partial charge is 0.462 e. The monoisotopic (exact) mass is 429 g/mol. The molecular formula is C24H28ClNO4. The Labute approximate surface area is 182 Å². The number of amides is 1. The van der Waals surface area contributed by atoms with Crippen molar-refractivity contribution in [3.05, 3.63) is 64.7 Å². The van der Waals surface area contributed by atoms with Gasteiger partial charge in [-0.1, -0.05) is 81.0 Å². The van der Waals surface area contributed by atoms with Crippen LogP contribution in [0.5, 0.6) is 0 Å². The van der Waals surface area contributed by atoms with Crippen molar-refractivity contribution in [1.29, 1.82) is 0 Å². The third kappa shape index (κ3) is 7.99. The van der Waals surface area contributed by atoms with E-state index in [0.29, 0.717) is 17.7 Å². The Morgan fingerprint density at radius 2 is 1.60 bits per heavy atom. The predicted molar refractivity (Wildman–Crippen MR) is 119 cm³/mol. The van der Waals surface area contributed by atoms with Crippen LogP contribution in [0.2, 0.25) is 5.02 Å². The number of Topliss-reactive ketones (excluding diaryl/α,β-unsaturated/α-hetero) is 1. The van der Waals surface area contributed by atoms with E-state index in [9.17, 15) is 14.4 Å². The normalized spacial score (nSPS) is 10.5. The van der Waals surface area contributed by atoms with E-state index in [1.165, 1.54) is 31.4 Å². The van der Waals surface area contributed by atoms with Gasteiger partial charge < -0.3 is 10.1 Å². The van der Waals surface area contributed by atoms with Crippen LogP contribution in [-0.2, 0) is 9.53 Å². The fraction of sp³-hybridized carbons (Fsp3) is 0.375. The number of ketones is 1. The third-order valence-electron chi connectivity index (χ3n) is 4.62. The Morgan fingerprint density at radius 1 is 0.900 bits per heavy atom. The van der Waals surface area contributed by atoms with Gasteiger partial charge in [0, 0.05) is 5.56 Å². The Morgan fingerprint density at radius 3 is 2.33 bits per heavy atom. The lowest BCUT2D eigenvalue weighted by Gasteiger charge is -2.10. The average molecular weight is 430 g/mol. The summed E-state index contributed by atoms with van der Waals surface area (Å²) < 4.78 is 5.31. The molecule has 0 aliphatic carbocycles. The number of anilines is 1. The van der Waals surface area contributed by atoms with Crippen LogP contribution in [0.1, 0.15) is 72.6 Å². The summed E-state index contributed by atoms with van der Waals surface area (Å²) in [5, 5.41) is 2.88. The number of hydrogen-bond acceptors (Lipinski definition) is 4. The van der Waals surface area contributed by atoms with Crippen molar-refractivity contribution in [2.45, 2.75) is 51.9 Å². The van der Waals surface area contributed by atoms with Gasteiger partial charge in [0.15, 0.2) is 5.78 Å². The van der Waals surface area contributed by atoms with Crippen molar-refractivity contribution in [3.63, 3.8) is 0 Å². The number of hydrogen-bond donors (Lipinski definition) is 1. The molecule has 2 aromatic carbocycles. The molecule has 0 bridgehead atoms. The van der Waals surface area contributed by atoms with Crippen LogP contribution in [0.4, 0.5) is 5.69 Å². The number of halogens is 1. The summed E-state index contributed by atoms with van der Waals surface area (Å²) in [6, 6.07) is 13.1. The van der Waals surface area contributed by atoms with Crippen molar-refractivity contribution in [2.24, 2.45) is 0 Å². The van der Waals surface area contributed by atoms with E-state index < -0.39 is 11.9 Å². The molecule has 30 heavy (non-hydrogen) atoms. The zero-order chi connectivity index (χ0) is 21.8. The molecule has 0 heterocycles. The van der Waals surface area contributed by atoms with E-state index in [1.54, 1.807) is 36.4 Å². The number of benzene rings is 2. The van der Waals surface area contributed by atoms with Crippen LogP contribution in [0.3, 0.4) is 0 Å². The molecule has 0 unspecified atom stereocenters. The summed E-state index contributed by atoms with van der Waals surface area (Å²) in [7, 11) is 0. The first kappa shape index (κ1) is 23.6. The number of carbonyl (C=O) groups excluding carboxylic acids is 3. The van der Waals surface area contributed by atoms with Crippen LogP contribution in [0.25, 0.3) is 0 Å². The minimum atomic E-state index is -0.497. The van der Waals surface area contributed by atoms with Gasteiger partial charge in [0.25, 0.3) is 0 Å². The molecule has 0 spiro atoms. The number of rotatable bonds is 12. The second-order valence-electron chi connectivity index (χ2n) is 7.11. The molecule has 160 valence electrons. The molecule has 0 radical (unpaired) electrons. The van der Waals surface area contributed by atoms with Crippen molar-refractivity contribution in [3.8, 4) is 0 Å². The van der Waals surface area contributed by atoms with E-state index in [1.807, 2.05) is 0 Å². The van der Waals surface area contributed by atoms with Gasteiger partial charge in [0.2, 0.25) is 5.91 Å². The summed E-state index contributed by atoms with van der Waals surface area (Å²) in [6.07, 6.45) is 6.33. The highest BCUT2D eigenvalue weighted by atomic mass is 35.5. The summed E-state index contributed by atoms with van der Waals surface area (Å²) in [5.41, 5.74) is 1.04. The lowest BCUT2D eigenvalue weighted by Crippen LogP contribution is -2.17. The predicted octanol–water partition coefficient (Wildman–Crippen LogP) is 6.07. The molecule has 1 amide bonds. The summed E-state index contributed by atoms with van der Waals surface area (Å²) in [4.78, 5) is 36.7. The third-order valence-corrected chi connectivity index (χ3v) is 4.95. The first-order valence-corrected chi connectivity index (χ1v) is 10.7. The minimum Gasteiger partial charge on any atom is -0.462 e. The smallest absolute Gasteiger partial charge is 0.338 e. The Kier molecular flexibility index (Phi) is 10.1. The fourth-order valence-electron chi connectivity index (χ4n) is 2.94. The van der Waals surface area contributed by atoms with Gasteiger partial charge in [-0.3, -0.25) is 9.59 Å². The summed E-state index contributed by atoms with van der Waals surface area (Å²) in [6.45, 7) is 2.53. The highest BCUT2D eigenvalue weighted by molar-refractivity contribution is 6.34. The number of ether oxygens (including phenoxy) is 1. The van der Waals surface area contributed by atoms with Crippen molar-refractivity contribution in [2.75, 3.05) is 11.9 Å². The second kappa shape index (κ2) is 12.8. The fourth-order valence-corrected chi connectivity index (χ4v) is 3.11. The maximum atomic E-state index is 12.3. The second-order valence-corrected chi connectivity index (χ2v) is 7.52. The Balaban J connectivity index is 1.85. The maximum Gasteiger partial charge on any atom is 0.338 e. The van der Waals surface area contributed by atoms with E-state index in [0.717, 1.165) is 19.3 Å². The molecule has 0 aliphatic heterocycles. The topological polar surface area (TPSA) is 72.5 Å². The summed E-state index contributed by atoms with van der Waals surface area (Å²) in [5.74, 6) is -1.25. The van der Waals surface area contributed by atoms with Gasteiger partial charge >= 0.3 is 5.97 Å². The van der Waals surface area contributed by atoms with Crippen molar-refractivity contribution < 1.29 is 19.1 Å². The zero-order valence-corrected chi connectivity index (χ0v) is 18.0. The van der Waals surface area contributed by atoms with Crippen molar-refractivity contribution >= 4 is 34.9 Å². The Bertz CT molecular complexity index is 852. The highest BCUT2D eigenvalue weighted by Gasteiger charge is 2.15. The number of esters is 1. The molecule has 0 fully saturated rings. The van der Waals surface area contributed by atoms with E-state index in [-0.39, 0.29) is 22.9 Å². The molecule has 2 rings (SSSR count). The van der Waals surface area contributed by atoms with Gasteiger partial charge in [-0.2, -0.15) is 0 Å². The van der Waals surface area contributed by atoms with Gasteiger partial charge in [0.05, 0.1) is 29.3 Å². The molecule has 1 N–H and O–H groups in total. The average Bonchev–Trinajstić information content (AvgIpc) is 2.75. The molecule has 2 aromatic rings. The number of nitrogens with one attached hydrogen (secondary N) is 1. The Hall–Kier alpha value is -2.66. The van der Waals surface area contributed by atoms with Gasteiger partial charge in [-0.25, -0.2) is 4.79 Å². The van der Waals surface area contributed by atoms with Crippen LogP contribution in [0.15, 0.2) is 48.5 Å². The lowest BCUT2D eigenvalue weighted by molar-refractivity contribution is -0.115. The highest BCUT2D eigenvalue weighted by Crippen LogP contribution is 2.24. The van der Waals surface area contributed by atoms with Crippen LogP contribution >= 0.6 is 11.6 Å². The molecule has 0 saturated heterocycles. The van der Waals surface area contributed by atoms with Gasteiger partial charge in [0.1, 0.15) is 0 Å². The molecule has 5 nitrogen and oxygen atoms in total. The maximum absolute atomic E-state index is 12.3. The van der Waals surface area contributed by atoms with Crippen molar-refractivity contribution in [1.82, 2.24) is 0 Å². The van der Waals surface area contributed by atoms with E-state index in [2.05, 4.69) is 12.2 Å². The van der Waals surface area contributed by atoms with Crippen LogP contribution in [0, 0.1) is 0 Å². The molecule has 0 atom stereocenters. The minimum absolute atomic E-state index is 0.275. The zero-order valence-electron chi connectivity index (χ0n) is 17.3. The van der Waals surface area contributed by atoms with Gasteiger partial charge in [-0.15, -0.1) is 0 Å².